The molecule has 2 N–H and O–H groups in total. The van der Waals surface area contributed by atoms with Crippen LogP contribution in [0.15, 0.2) is 0 Å². The first-order chi connectivity index (χ1) is 8.56. The van der Waals surface area contributed by atoms with Gasteiger partial charge in [0.1, 0.15) is 0 Å². The Morgan fingerprint density at radius 3 is 1.94 bits per heavy atom. The molecule has 4 heteroatoms. The monoisotopic (exact) mass is 278 g/mol. The molecule has 0 aromatic rings. The first kappa shape index (κ1) is 20.0. The van der Waals surface area contributed by atoms with E-state index in [1.54, 1.807) is 0 Å². The summed E-state index contributed by atoms with van der Waals surface area (Å²) in [7, 11) is 0. The second-order valence-corrected chi connectivity index (χ2v) is 5.12. The molecule has 0 aromatic heterocycles. The third-order valence-corrected chi connectivity index (χ3v) is 3.38. The Hall–Kier alpha value is -0.280. The molecule has 1 unspecified atom stereocenters. The van der Waals surface area contributed by atoms with Crippen molar-refractivity contribution >= 4 is 17.7 Å². The second-order valence-electron chi connectivity index (χ2n) is 5.12. The van der Waals surface area contributed by atoms with Gasteiger partial charge in [-0.2, -0.15) is 0 Å². The van der Waals surface area contributed by atoms with Gasteiger partial charge in [-0.3, -0.25) is 0 Å². The minimum atomic E-state index is -0.872. The van der Waals surface area contributed by atoms with Gasteiger partial charge in [0.25, 0.3) is 0 Å². The second kappa shape index (κ2) is 13.2. The van der Waals surface area contributed by atoms with Gasteiger partial charge in [0.05, 0.1) is 0 Å². The van der Waals surface area contributed by atoms with Crippen LogP contribution >= 0.6 is 11.8 Å². The lowest BCUT2D eigenvalue weighted by Gasteiger charge is -2.30. The number of unbranched alkanes of at least 4 members (excludes halogenated alkanes) is 5. The number of hydrogen-bond donors (Lipinski definition) is 1. The predicted octanol–water partition coefficient (Wildman–Crippen LogP) is 3.39. The molecule has 0 saturated heterocycles. The number of aliphatic carboxylic acids is 1. The van der Waals surface area contributed by atoms with Crippen LogP contribution in [0.1, 0.15) is 78.6 Å². The van der Waals surface area contributed by atoms with E-state index < -0.39 is 11.4 Å². The molecule has 110 valence electrons. The van der Waals surface area contributed by atoms with Gasteiger partial charge in [0.15, 0.2) is 0 Å². The molecule has 0 fully saturated rings. The SMILES string of the molecule is CCCCCCCCC(C)(CCC)C(=O)[O-].NCl. The number of rotatable bonds is 10. The molecule has 0 spiro atoms. The maximum Gasteiger partial charge on any atom is 0.0473 e. The minimum absolute atomic E-state index is 0.598. The number of carbonyl (C=O) groups is 1. The number of hydrogen-bond acceptors (Lipinski definition) is 3. The average Bonchev–Trinajstić information content (AvgIpc) is 2.36. The van der Waals surface area contributed by atoms with Crippen molar-refractivity contribution in [2.45, 2.75) is 78.6 Å². The molecule has 0 aliphatic rings. The number of carboxylic acid groups (broad SMARTS) is 1. The van der Waals surface area contributed by atoms with Gasteiger partial charge >= 0.3 is 0 Å². The Kier molecular flexibility index (Phi) is 14.7. The molecule has 0 saturated carbocycles. The third-order valence-electron chi connectivity index (χ3n) is 3.38. The van der Waals surface area contributed by atoms with Crippen LogP contribution in [0, 0.1) is 5.41 Å². The van der Waals surface area contributed by atoms with E-state index >= 15 is 0 Å². The quantitative estimate of drug-likeness (QED) is 0.492. The number of carboxylic acids is 1. The van der Waals surface area contributed by atoms with Gasteiger partial charge in [-0.25, -0.2) is 5.25 Å². The van der Waals surface area contributed by atoms with E-state index in [2.05, 4.69) is 24.0 Å². The molecule has 1 atom stereocenters. The fraction of sp³-hybridized carbons (Fsp3) is 0.929. The zero-order chi connectivity index (χ0) is 14.4. The van der Waals surface area contributed by atoms with Crippen LogP contribution in [0.5, 0.6) is 0 Å². The van der Waals surface area contributed by atoms with Crippen LogP contribution in [0.25, 0.3) is 0 Å². The largest absolute Gasteiger partial charge is 0.550 e. The smallest absolute Gasteiger partial charge is 0.0473 e. The fourth-order valence-electron chi connectivity index (χ4n) is 2.18. The highest BCUT2D eigenvalue weighted by molar-refractivity contribution is 6.11. The van der Waals surface area contributed by atoms with Gasteiger partial charge in [-0.05, 0) is 24.6 Å². The van der Waals surface area contributed by atoms with Crippen LogP contribution in [-0.2, 0) is 4.79 Å². The summed E-state index contributed by atoms with van der Waals surface area (Å²) in [6, 6.07) is 0. The van der Waals surface area contributed by atoms with Gasteiger partial charge in [0, 0.05) is 11.4 Å². The lowest BCUT2D eigenvalue weighted by Crippen LogP contribution is -2.40. The molecule has 3 nitrogen and oxygen atoms in total. The summed E-state index contributed by atoms with van der Waals surface area (Å²) in [5.74, 6) is -0.872. The van der Waals surface area contributed by atoms with Gasteiger partial charge < -0.3 is 9.90 Å². The molecule has 0 aliphatic heterocycles. The fourth-order valence-corrected chi connectivity index (χ4v) is 2.18. The number of nitrogens with two attached hydrogens (primary N) is 1. The van der Waals surface area contributed by atoms with Crippen molar-refractivity contribution in [1.82, 2.24) is 0 Å². The van der Waals surface area contributed by atoms with E-state index in [0.29, 0.717) is 0 Å². The van der Waals surface area contributed by atoms with Gasteiger partial charge in [0.2, 0.25) is 0 Å². The van der Waals surface area contributed by atoms with Crippen LogP contribution in [0.4, 0.5) is 0 Å². The summed E-state index contributed by atoms with van der Waals surface area (Å²) < 4.78 is 0. The minimum Gasteiger partial charge on any atom is -0.550 e. The Bertz CT molecular complexity index is 200. The molecule has 0 amide bonds. The number of halogens is 1. The van der Waals surface area contributed by atoms with E-state index in [1.807, 2.05) is 13.8 Å². The van der Waals surface area contributed by atoms with Crippen LogP contribution in [0.3, 0.4) is 0 Å². The molecular formula is C14H29ClNO2-. The molecule has 0 rings (SSSR count). The maximum atomic E-state index is 11.1. The van der Waals surface area contributed by atoms with Gasteiger partial charge in [-0.1, -0.05) is 65.7 Å². The summed E-state index contributed by atoms with van der Waals surface area (Å²) in [5, 5.41) is 15.0. The molecule has 0 heterocycles. The molecule has 0 aromatic carbocycles. The van der Waals surface area contributed by atoms with Crippen molar-refractivity contribution in [2.24, 2.45) is 10.7 Å². The number of carbonyl (C=O) groups excluding carboxylic acids is 1. The zero-order valence-electron chi connectivity index (χ0n) is 12.1. The molecule has 18 heavy (non-hydrogen) atoms. The van der Waals surface area contributed by atoms with Crippen LogP contribution in [0.2, 0.25) is 0 Å². The van der Waals surface area contributed by atoms with E-state index in [-0.39, 0.29) is 0 Å². The summed E-state index contributed by atoms with van der Waals surface area (Å²) in [6.07, 6.45) is 9.69. The Labute approximate surface area is 117 Å². The van der Waals surface area contributed by atoms with Crippen LogP contribution < -0.4 is 10.4 Å². The van der Waals surface area contributed by atoms with Crippen molar-refractivity contribution in [3.63, 3.8) is 0 Å². The Morgan fingerprint density at radius 2 is 1.50 bits per heavy atom. The molecule has 0 aliphatic carbocycles. The first-order valence-electron chi connectivity index (χ1n) is 7.00. The van der Waals surface area contributed by atoms with E-state index in [9.17, 15) is 9.90 Å². The highest BCUT2D eigenvalue weighted by Gasteiger charge is 2.23. The van der Waals surface area contributed by atoms with Crippen molar-refractivity contribution in [3.05, 3.63) is 0 Å². The van der Waals surface area contributed by atoms with Crippen molar-refractivity contribution in [3.8, 4) is 0 Å². The lowest BCUT2D eigenvalue weighted by molar-refractivity contribution is -0.319. The highest BCUT2D eigenvalue weighted by Crippen LogP contribution is 2.29. The van der Waals surface area contributed by atoms with Crippen LogP contribution in [-0.4, -0.2) is 5.97 Å². The van der Waals surface area contributed by atoms with Crippen molar-refractivity contribution in [1.29, 1.82) is 0 Å². The Balaban J connectivity index is 0. The van der Waals surface area contributed by atoms with Crippen molar-refractivity contribution < 1.29 is 9.90 Å². The predicted molar refractivity (Wildman–Crippen MR) is 76.1 cm³/mol. The molecular weight excluding hydrogens is 250 g/mol. The summed E-state index contributed by atoms with van der Waals surface area (Å²) in [5.41, 5.74) is -0.598. The highest BCUT2D eigenvalue weighted by atomic mass is 35.5. The molecule has 0 bridgehead atoms. The van der Waals surface area contributed by atoms with E-state index in [1.165, 1.54) is 25.7 Å². The lowest BCUT2D eigenvalue weighted by atomic mass is 9.80. The Morgan fingerprint density at radius 1 is 1.00 bits per heavy atom. The zero-order valence-corrected chi connectivity index (χ0v) is 12.9. The van der Waals surface area contributed by atoms with E-state index in [4.69, 9.17) is 0 Å². The maximum absolute atomic E-state index is 11.1. The normalized spacial score (nSPS) is 13.4. The van der Waals surface area contributed by atoms with Crippen molar-refractivity contribution in [2.75, 3.05) is 0 Å². The standard InChI is InChI=1S/C14H28O2.ClH2N/c1-4-6-7-8-9-10-12-14(3,11-5-2)13(15)16;1-2/h4-12H2,1-3H3,(H,15,16);2H2/p-1. The molecule has 0 radical (unpaired) electrons. The van der Waals surface area contributed by atoms with Gasteiger partial charge in [-0.15, -0.1) is 0 Å². The van der Waals surface area contributed by atoms with E-state index in [0.717, 1.165) is 32.1 Å². The summed E-state index contributed by atoms with van der Waals surface area (Å²) >= 11 is 4.14. The topological polar surface area (TPSA) is 66.1 Å². The summed E-state index contributed by atoms with van der Waals surface area (Å²) in [4.78, 5) is 11.1. The third kappa shape index (κ3) is 9.72. The summed E-state index contributed by atoms with van der Waals surface area (Å²) in [6.45, 7) is 6.06. The first-order valence-corrected chi connectivity index (χ1v) is 7.43. The average molecular weight is 279 g/mol.